The van der Waals surface area contributed by atoms with Gasteiger partial charge in [0.05, 0.1) is 18.4 Å². The van der Waals surface area contributed by atoms with Crippen molar-refractivity contribution in [1.29, 1.82) is 0 Å². The fourth-order valence-corrected chi connectivity index (χ4v) is 4.22. The molecule has 1 heterocycles. The van der Waals surface area contributed by atoms with E-state index in [9.17, 15) is 14.0 Å². The third-order valence-corrected chi connectivity index (χ3v) is 5.78. The molecule has 0 aliphatic carbocycles. The molecular weight excluding hydrogens is 469 g/mol. The SMILES string of the molecule is COCC(=O)NCCCn1c(-c2ccc(F)cc2)cs/c1=N\C(=O)c1ccc(Cl)cc1OC. The Labute approximate surface area is 199 Å². The van der Waals surface area contributed by atoms with E-state index in [0.29, 0.717) is 35.1 Å². The van der Waals surface area contributed by atoms with Crippen LogP contribution in [0.15, 0.2) is 52.8 Å². The zero-order chi connectivity index (χ0) is 23.8. The molecule has 0 saturated heterocycles. The van der Waals surface area contributed by atoms with Gasteiger partial charge in [-0.25, -0.2) is 4.39 Å². The molecule has 1 N–H and O–H groups in total. The van der Waals surface area contributed by atoms with Crippen LogP contribution in [0, 0.1) is 5.82 Å². The number of methoxy groups -OCH3 is 2. The normalized spacial score (nSPS) is 11.5. The van der Waals surface area contributed by atoms with Crippen LogP contribution in [0.1, 0.15) is 16.8 Å². The van der Waals surface area contributed by atoms with Gasteiger partial charge in [-0.05, 0) is 54.4 Å². The summed E-state index contributed by atoms with van der Waals surface area (Å²) in [6.07, 6.45) is 0.589. The van der Waals surface area contributed by atoms with Crippen LogP contribution in [0.25, 0.3) is 11.3 Å². The molecular formula is C23H23ClFN3O4S. The molecule has 0 unspecified atom stereocenters. The summed E-state index contributed by atoms with van der Waals surface area (Å²) < 4.78 is 25.4. The van der Waals surface area contributed by atoms with Gasteiger partial charge in [0.2, 0.25) is 5.91 Å². The molecule has 0 bridgehead atoms. The van der Waals surface area contributed by atoms with E-state index in [2.05, 4.69) is 10.3 Å². The summed E-state index contributed by atoms with van der Waals surface area (Å²) in [4.78, 5) is 29.3. The van der Waals surface area contributed by atoms with Crippen LogP contribution in [0.5, 0.6) is 5.75 Å². The minimum Gasteiger partial charge on any atom is -0.496 e. The lowest BCUT2D eigenvalue weighted by atomic mass is 10.1. The van der Waals surface area contributed by atoms with Gasteiger partial charge >= 0.3 is 0 Å². The summed E-state index contributed by atoms with van der Waals surface area (Å²) in [6.45, 7) is 0.893. The number of hydrogen-bond donors (Lipinski definition) is 1. The lowest BCUT2D eigenvalue weighted by Gasteiger charge is -2.10. The molecule has 3 rings (SSSR count). The Bertz CT molecular complexity index is 1190. The molecule has 1 aromatic heterocycles. The molecule has 0 aliphatic heterocycles. The smallest absolute Gasteiger partial charge is 0.283 e. The van der Waals surface area contributed by atoms with E-state index in [1.807, 2.05) is 9.95 Å². The number of amides is 2. The molecule has 3 aromatic rings. The van der Waals surface area contributed by atoms with Crippen molar-refractivity contribution >= 4 is 34.8 Å². The van der Waals surface area contributed by atoms with Crippen molar-refractivity contribution in [2.24, 2.45) is 4.99 Å². The summed E-state index contributed by atoms with van der Waals surface area (Å²) in [7, 11) is 2.91. The Hall–Kier alpha value is -3.01. The number of nitrogens with one attached hydrogen (secondary N) is 1. The van der Waals surface area contributed by atoms with Crippen LogP contribution < -0.4 is 14.9 Å². The molecule has 10 heteroatoms. The topological polar surface area (TPSA) is 81.9 Å². The standard InChI is InChI=1S/C23H23ClFN3O4S/c1-31-13-21(29)26-10-3-11-28-19(15-4-7-17(25)8-5-15)14-33-23(28)27-22(30)18-9-6-16(24)12-20(18)32-2/h4-9,12,14H,3,10-11,13H2,1-2H3,(H,26,29)/b27-23-. The largest absolute Gasteiger partial charge is 0.496 e. The summed E-state index contributed by atoms with van der Waals surface area (Å²) in [5.74, 6) is -0.685. The number of carbonyl (C=O) groups excluding carboxylic acids is 2. The first-order valence-electron chi connectivity index (χ1n) is 10.1. The fourth-order valence-electron chi connectivity index (χ4n) is 3.12. The lowest BCUT2D eigenvalue weighted by molar-refractivity contribution is -0.124. The van der Waals surface area contributed by atoms with Gasteiger partial charge in [-0.2, -0.15) is 4.99 Å². The quantitative estimate of drug-likeness (QED) is 0.460. The second-order valence-corrected chi connectivity index (χ2v) is 8.23. The summed E-state index contributed by atoms with van der Waals surface area (Å²) in [5, 5.41) is 5.08. The molecule has 7 nitrogen and oxygen atoms in total. The highest BCUT2D eigenvalue weighted by molar-refractivity contribution is 7.07. The molecule has 33 heavy (non-hydrogen) atoms. The van der Waals surface area contributed by atoms with E-state index in [0.717, 1.165) is 11.3 Å². The van der Waals surface area contributed by atoms with Crippen LogP contribution in [0.4, 0.5) is 4.39 Å². The Balaban J connectivity index is 1.92. The number of aromatic nitrogens is 1. The van der Waals surface area contributed by atoms with Gasteiger partial charge in [0.15, 0.2) is 4.80 Å². The molecule has 0 spiro atoms. The van der Waals surface area contributed by atoms with Crippen molar-refractivity contribution in [3.05, 3.63) is 69.0 Å². The number of ether oxygens (including phenoxy) is 2. The van der Waals surface area contributed by atoms with Gasteiger partial charge < -0.3 is 19.4 Å². The van der Waals surface area contributed by atoms with Crippen molar-refractivity contribution in [1.82, 2.24) is 9.88 Å². The molecule has 174 valence electrons. The van der Waals surface area contributed by atoms with E-state index in [1.54, 1.807) is 30.3 Å². The van der Waals surface area contributed by atoms with Crippen LogP contribution in [0.2, 0.25) is 5.02 Å². The molecule has 0 aliphatic rings. The van der Waals surface area contributed by atoms with E-state index in [-0.39, 0.29) is 23.9 Å². The second-order valence-electron chi connectivity index (χ2n) is 6.96. The molecule has 0 atom stereocenters. The van der Waals surface area contributed by atoms with Gasteiger partial charge in [-0.3, -0.25) is 9.59 Å². The van der Waals surface area contributed by atoms with Crippen molar-refractivity contribution in [3.63, 3.8) is 0 Å². The average molecular weight is 492 g/mol. The Morgan fingerprint density at radius 1 is 1.18 bits per heavy atom. The number of hydrogen-bond acceptors (Lipinski definition) is 5. The highest BCUT2D eigenvalue weighted by atomic mass is 35.5. The van der Waals surface area contributed by atoms with E-state index in [4.69, 9.17) is 21.1 Å². The summed E-state index contributed by atoms with van der Waals surface area (Å²) in [5.41, 5.74) is 1.86. The van der Waals surface area contributed by atoms with E-state index >= 15 is 0 Å². The first-order chi connectivity index (χ1) is 15.9. The number of thiazole rings is 1. The highest BCUT2D eigenvalue weighted by Crippen LogP contribution is 2.24. The third-order valence-electron chi connectivity index (χ3n) is 4.68. The number of nitrogens with zero attached hydrogens (tertiary/aromatic N) is 2. The molecule has 2 amide bonds. The maximum absolute atomic E-state index is 13.4. The predicted molar refractivity (Wildman–Crippen MR) is 125 cm³/mol. The van der Waals surface area contributed by atoms with Crippen molar-refractivity contribution in [2.45, 2.75) is 13.0 Å². The van der Waals surface area contributed by atoms with E-state index < -0.39 is 5.91 Å². The van der Waals surface area contributed by atoms with Gasteiger partial charge in [-0.15, -0.1) is 11.3 Å². The monoisotopic (exact) mass is 491 g/mol. The Morgan fingerprint density at radius 3 is 2.64 bits per heavy atom. The molecule has 2 aromatic carbocycles. The molecule has 0 radical (unpaired) electrons. The minimum absolute atomic E-state index is 0.00949. The lowest BCUT2D eigenvalue weighted by Crippen LogP contribution is -2.29. The molecule has 0 saturated carbocycles. The zero-order valence-corrected chi connectivity index (χ0v) is 19.7. The maximum atomic E-state index is 13.4. The fraction of sp³-hybridized carbons (Fsp3) is 0.261. The van der Waals surface area contributed by atoms with Gasteiger partial charge in [0.25, 0.3) is 5.91 Å². The third kappa shape index (κ3) is 6.50. The highest BCUT2D eigenvalue weighted by Gasteiger charge is 2.14. The molecule has 0 fully saturated rings. The second kappa shape index (κ2) is 11.7. The zero-order valence-electron chi connectivity index (χ0n) is 18.1. The van der Waals surface area contributed by atoms with Crippen LogP contribution >= 0.6 is 22.9 Å². The number of carbonyl (C=O) groups is 2. The predicted octanol–water partition coefficient (Wildman–Crippen LogP) is 3.91. The van der Waals surface area contributed by atoms with Gasteiger partial charge in [0, 0.05) is 30.6 Å². The first kappa shape index (κ1) is 24.6. The minimum atomic E-state index is -0.474. The van der Waals surface area contributed by atoms with Crippen molar-refractivity contribution in [3.8, 4) is 17.0 Å². The number of benzene rings is 2. The summed E-state index contributed by atoms with van der Waals surface area (Å²) >= 11 is 7.29. The van der Waals surface area contributed by atoms with Crippen LogP contribution in [0.3, 0.4) is 0 Å². The first-order valence-corrected chi connectivity index (χ1v) is 11.3. The van der Waals surface area contributed by atoms with Crippen molar-refractivity contribution in [2.75, 3.05) is 27.4 Å². The Kier molecular flexibility index (Phi) is 8.76. The number of halogens is 2. The maximum Gasteiger partial charge on any atom is 0.283 e. The average Bonchev–Trinajstić information content (AvgIpc) is 3.19. The number of rotatable bonds is 9. The van der Waals surface area contributed by atoms with Crippen LogP contribution in [-0.4, -0.2) is 43.8 Å². The van der Waals surface area contributed by atoms with E-state index in [1.165, 1.54) is 37.7 Å². The van der Waals surface area contributed by atoms with Gasteiger partial charge in [0.1, 0.15) is 18.2 Å². The van der Waals surface area contributed by atoms with Gasteiger partial charge in [-0.1, -0.05) is 11.6 Å². The van der Waals surface area contributed by atoms with Crippen LogP contribution in [-0.2, 0) is 16.1 Å². The Morgan fingerprint density at radius 2 is 1.94 bits per heavy atom. The summed E-state index contributed by atoms with van der Waals surface area (Å²) in [6, 6.07) is 10.8. The van der Waals surface area contributed by atoms with Crippen molar-refractivity contribution < 1.29 is 23.5 Å².